The van der Waals surface area contributed by atoms with Crippen molar-refractivity contribution >= 4 is 17.5 Å². The Morgan fingerprint density at radius 2 is 2.00 bits per heavy atom. The quantitative estimate of drug-likeness (QED) is 0.887. The van der Waals surface area contributed by atoms with Crippen LogP contribution in [0.2, 0.25) is 5.02 Å². The van der Waals surface area contributed by atoms with Crippen LogP contribution in [0.3, 0.4) is 0 Å². The van der Waals surface area contributed by atoms with E-state index >= 15 is 0 Å². The number of amides is 1. The molecule has 0 aliphatic carbocycles. The molecule has 122 valence electrons. The van der Waals surface area contributed by atoms with E-state index in [1.807, 2.05) is 6.92 Å². The number of halogens is 3. The van der Waals surface area contributed by atoms with Crippen LogP contribution in [0.15, 0.2) is 36.4 Å². The zero-order valence-electron chi connectivity index (χ0n) is 12.7. The molecule has 0 bridgehead atoms. The Labute approximate surface area is 138 Å². The lowest BCUT2D eigenvalue weighted by Gasteiger charge is -2.16. The van der Waals surface area contributed by atoms with Crippen LogP contribution in [0.25, 0.3) is 0 Å². The summed E-state index contributed by atoms with van der Waals surface area (Å²) in [6.45, 7) is 3.22. The van der Waals surface area contributed by atoms with Crippen molar-refractivity contribution < 1.29 is 18.3 Å². The van der Waals surface area contributed by atoms with Gasteiger partial charge in [-0.15, -0.1) is 0 Å². The average molecular weight is 340 g/mol. The number of hydrogen-bond acceptors (Lipinski definition) is 2. The van der Waals surface area contributed by atoms with Crippen molar-refractivity contribution in [2.45, 2.75) is 19.9 Å². The molecule has 0 aromatic heterocycles. The molecule has 1 amide bonds. The molecule has 0 saturated carbocycles. The van der Waals surface area contributed by atoms with Gasteiger partial charge in [0, 0.05) is 16.7 Å². The van der Waals surface area contributed by atoms with Gasteiger partial charge in [0.15, 0.2) is 6.61 Å². The minimum absolute atomic E-state index is 0.211. The van der Waals surface area contributed by atoms with Crippen molar-refractivity contribution in [1.29, 1.82) is 0 Å². The van der Waals surface area contributed by atoms with E-state index in [0.717, 1.165) is 17.7 Å². The van der Waals surface area contributed by atoms with Gasteiger partial charge in [-0.25, -0.2) is 8.78 Å². The minimum atomic E-state index is -0.702. The molecule has 23 heavy (non-hydrogen) atoms. The lowest BCUT2D eigenvalue weighted by Crippen LogP contribution is -2.31. The van der Waals surface area contributed by atoms with E-state index in [9.17, 15) is 13.6 Å². The third-order valence-electron chi connectivity index (χ3n) is 3.30. The van der Waals surface area contributed by atoms with Gasteiger partial charge in [0.05, 0.1) is 6.04 Å². The topological polar surface area (TPSA) is 38.3 Å². The fraction of sp³-hybridized carbons (Fsp3) is 0.235. The smallest absolute Gasteiger partial charge is 0.258 e. The molecule has 0 aliphatic rings. The lowest BCUT2D eigenvalue weighted by atomic mass is 10.1. The summed E-state index contributed by atoms with van der Waals surface area (Å²) in [5, 5.41) is 3.19. The first kappa shape index (κ1) is 17.2. The Bertz CT molecular complexity index is 722. The van der Waals surface area contributed by atoms with Crippen molar-refractivity contribution in [3.05, 3.63) is 64.2 Å². The van der Waals surface area contributed by atoms with Crippen LogP contribution < -0.4 is 10.1 Å². The van der Waals surface area contributed by atoms with Gasteiger partial charge in [0.25, 0.3) is 5.91 Å². The Kier molecular flexibility index (Phi) is 5.55. The van der Waals surface area contributed by atoms with Gasteiger partial charge < -0.3 is 10.1 Å². The van der Waals surface area contributed by atoms with Crippen molar-refractivity contribution in [1.82, 2.24) is 5.32 Å². The Morgan fingerprint density at radius 3 is 2.65 bits per heavy atom. The van der Waals surface area contributed by atoms with Crippen LogP contribution >= 0.6 is 11.6 Å². The predicted molar refractivity (Wildman–Crippen MR) is 84.6 cm³/mol. The summed E-state index contributed by atoms with van der Waals surface area (Å²) in [4.78, 5) is 11.9. The summed E-state index contributed by atoms with van der Waals surface area (Å²) in [5.74, 6) is -1.22. The number of aryl methyl sites for hydroxylation is 1. The highest BCUT2D eigenvalue weighted by Gasteiger charge is 2.15. The summed E-state index contributed by atoms with van der Waals surface area (Å²) < 4.78 is 32.0. The lowest BCUT2D eigenvalue weighted by molar-refractivity contribution is -0.123. The van der Waals surface area contributed by atoms with E-state index in [2.05, 4.69) is 5.32 Å². The van der Waals surface area contributed by atoms with Crippen LogP contribution in [0.1, 0.15) is 24.1 Å². The van der Waals surface area contributed by atoms with Crippen LogP contribution in [-0.4, -0.2) is 12.5 Å². The van der Waals surface area contributed by atoms with Gasteiger partial charge in [0.2, 0.25) is 0 Å². The highest BCUT2D eigenvalue weighted by molar-refractivity contribution is 6.30. The van der Waals surface area contributed by atoms with Crippen molar-refractivity contribution in [2.24, 2.45) is 0 Å². The zero-order chi connectivity index (χ0) is 17.0. The summed E-state index contributed by atoms with van der Waals surface area (Å²) in [5.41, 5.74) is 1.02. The second-order valence-electron chi connectivity index (χ2n) is 5.15. The summed E-state index contributed by atoms with van der Waals surface area (Å²) in [6.07, 6.45) is 0. The second-order valence-corrected chi connectivity index (χ2v) is 5.59. The fourth-order valence-corrected chi connectivity index (χ4v) is 2.36. The van der Waals surface area contributed by atoms with Gasteiger partial charge in [-0.2, -0.15) is 0 Å². The number of hydrogen-bond donors (Lipinski definition) is 1. The summed E-state index contributed by atoms with van der Waals surface area (Å²) >= 11 is 5.85. The normalized spacial score (nSPS) is 11.9. The average Bonchev–Trinajstić information content (AvgIpc) is 2.46. The molecule has 3 nitrogen and oxygen atoms in total. The third kappa shape index (κ3) is 4.66. The maximum atomic E-state index is 13.7. The molecule has 1 N–H and O–H groups in total. The number of ether oxygens (including phenoxy) is 1. The molecule has 2 aromatic rings. The van der Waals surface area contributed by atoms with Crippen LogP contribution in [0.4, 0.5) is 8.78 Å². The molecule has 1 atom stereocenters. The van der Waals surface area contributed by atoms with Crippen LogP contribution in [0.5, 0.6) is 5.75 Å². The summed E-state index contributed by atoms with van der Waals surface area (Å²) in [7, 11) is 0. The van der Waals surface area contributed by atoms with Crippen molar-refractivity contribution in [3.63, 3.8) is 0 Å². The number of carbonyl (C=O) groups excluding carboxylic acids is 1. The van der Waals surface area contributed by atoms with E-state index in [1.54, 1.807) is 25.1 Å². The van der Waals surface area contributed by atoms with E-state index in [1.165, 1.54) is 6.07 Å². The van der Waals surface area contributed by atoms with Crippen LogP contribution in [-0.2, 0) is 4.79 Å². The van der Waals surface area contributed by atoms with Gasteiger partial charge in [-0.1, -0.05) is 17.7 Å². The molecule has 0 heterocycles. The molecule has 0 aliphatic heterocycles. The summed E-state index contributed by atoms with van der Waals surface area (Å²) in [6, 6.07) is 7.70. The first-order chi connectivity index (χ1) is 10.9. The molecule has 0 radical (unpaired) electrons. The molecular formula is C17H16ClF2NO2. The second kappa shape index (κ2) is 7.42. The van der Waals surface area contributed by atoms with Gasteiger partial charge >= 0.3 is 0 Å². The Hall–Kier alpha value is -2.14. The van der Waals surface area contributed by atoms with Gasteiger partial charge in [0.1, 0.15) is 17.4 Å². The Balaban J connectivity index is 1.93. The first-order valence-electron chi connectivity index (χ1n) is 7.00. The standard InChI is InChI=1S/C17H16ClF2NO2/c1-10-7-12(18)3-6-16(10)23-9-17(22)21-11(2)14-5-4-13(19)8-15(14)20/h3-8,11H,9H2,1-2H3,(H,21,22). The number of carbonyl (C=O) groups is 1. The van der Waals surface area contributed by atoms with Crippen molar-refractivity contribution in [3.8, 4) is 5.75 Å². The number of benzene rings is 2. The number of rotatable bonds is 5. The number of nitrogens with one attached hydrogen (secondary N) is 1. The third-order valence-corrected chi connectivity index (χ3v) is 3.54. The molecule has 2 rings (SSSR count). The molecule has 1 unspecified atom stereocenters. The fourth-order valence-electron chi connectivity index (χ4n) is 2.13. The van der Waals surface area contributed by atoms with E-state index in [-0.39, 0.29) is 12.2 Å². The molecule has 6 heteroatoms. The van der Waals surface area contributed by atoms with Gasteiger partial charge in [-0.3, -0.25) is 4.79 Å². The molecule has 0 saturated heterocycles. The minimum Gasteiger partial charge on any atom is -0.484 e. The zero-order valence-corrected chi connectivity index (χ0v) is 13.5. The maximum Gasteiger partial charge on any atom is 0.258 e. The van der Waals surface area contributed by atoms with Crippen LogP contribution in [0, 0.1) is 18.6 Å². The molecular weight excluding hydrogens is 324 g/mol. The highest BCUT2D eigenvalue weighted by atomic mass is 35.5. The molecule has 0 fully saturated rings. The first-order valence-corrected chi connectivity index (χ1v) is 7.38. The molecule has 0 spiro atoms. The van der Waals surface area contributed by atoms with E-state index in [0.29, 0.717) is 10.8 Å². The predicted octanol–water partition coefficient (Wildman–Crippen LogP) is 4.18. The van der Waals surface area contributed by atoms with Gasteiger partial charge in [-0.05, 0) is 43.7 Å². The maximum absolute atomic E-state index is 13.7. The van der Waals surface area contributed by atoms with E-state index < -0.39 is 23.6 Å². The Morgan fingerprint density at radius 1 is 1.26 bits per heavy atom. The monoisotopic (exact) mass is 339 g/mol. The highest BCUT2D eigenvalue weighted by Crippen LogP contribution is 2.22. The SMILES string of the molecule is Cc1cc(Cl)ccc1OCC(=O)NC(C)c1ccc(F)cc1F. The van der Waals surface area contributed by atoms with Crippen molar-refractivity contribution in [2.75, 3.05) is 6.61 Å². The molecule has 2 aromatic carbocycles. The largest absolute Gasteiger partial charge is 0.484 e. The van der Waals surface area contributed by atoms with E-state index in [4.69, 9.17) is 16.3 Å².